The minimum Gasteiger partial charge on any atom is -0.461 e. The van der Waals surface area contributed by atoms with Gasteiger partial charge in [-0.1, -0.05) is 27.2 Å². The van der Waals surface area contributed by atoms with E-state index in [1.807, 2.05) is 20.0 Å². The molecule has 5 unspecified atom stereocenters. The molecule has 2 bridgehead atoms. The van der Waals surface area contributed by atoms with Gasteiger partial charge < -0.3 is 20.1 Å². The summed E-state index contributed by atoms with van der Waals surface area (Å²) in [7, 11) is 1.99. The molecule has 34 heavy (non-hydrogen) atoms. The molecule has 2 aromatic rings. The minimum absolute atomic E-state index is 0.176. The predicted molar refractivity (Wildman–Crippen MR) is 131 cm³/mol. The van der Waals surface area contributed by atoms with E-state index in [-0.39, 0.29) is 17.7 Å². The lowest BCUT2D eigenvalue weighted by Gasteiger charge is -2.53. The van der Waals surface area contributed by atoms with Crippen LogP contribution in [-0.4, -0.2) is 56.5 Å². The van der Waals surface area contributed by atoms with Crippen LogP contribution in [0.3, 0.4) is 0 Å². The van der Waals surface area contributed by atoms with Crippen molar-refractivity contribution in [3.05, 3.63) is 23.5 Å². The van der Waals surface area contributed by atoms with E-state index in [9.17, 15) is 9.90 Å². The van der Waals surface area contributed by atoms with Gasteiger partial charge in [-0.05, 0) is 56.8 Å². The van der Waals surface area contributed by atoms with Gasteiger partial charge in [0.2, 0.25) is 5.95 Å². The summed E-state index contributed by atoms with van der Waals surface area (Å²) in [4.78, 5) is 24.3. The molecule has 2 fully saturated rings. The first-order valence-corrected chi connectivity index (χ1v) is 12.5. The van der Waals surface area contributed by atoms with Crippen molar-refractivity contribution in [2.24, 2.45) is 17.8 Å². The van der Waals surface area contributed by atoms with Crippen molar-refractivity contribution in [2.45, 2.75) is 77.9 Å². The van der Waals surface area contributed by atoms with Crippen LogP contribution in [0.1, 0.15) is 75.5 Å². The van der Waals surface area contributed by atoms with Crippen LogP contribution < -0.4 is 10.2 Å². The Morgan fingerprint density at radius 2 is 2.06 bits per heavy atom. The Morgan fingerprint density at radius 1 is 1.26 bits per heavy atom. The van der Waals surface area contributed by atoms with E-state index >= 15 is 0 Å². The molecule has 4 rings (SSSR count). The Bertz CT molecular complexity index is 1010. The second kappa shape index (κ2) is 9.90. The van der Waals surface area contributed by atoms with Crippen molar-refractivity contribution in [2.75, 3.05) is 23.9 Å². The molecule has 2 aliphatic rings. The number of unbranched alkanes of at least 4 members (excludes halogenated alkanes) is 1. The van der Waals surface area contributed by atoms with Crippen LogP contribution >= 0.6 is 0 Å². The van der Waals surface area contributed by atoms with Crippen LogP contribution in [0.5, 0.6) is 0 Å². The summed E-state index contributed by atoms with van der Waals surface area (Å²) < 4.78 is 5.44. The Kier molecular flexibility index (Phi) is 7.12. The maximum Gasteiger partial charge on any atom is 0.357 e. The molecule has 0 spiro atoms. The van der Waals surface area contributed by atoms with Gasteiger partial charge in [-0.15, -0.1) is 0 Å². The fraction of sp³-hybridized carbons (Fsp3) is 0.680. The zero-order chi connectivity index (χ0) is 24.5. The monoisotopic (exact) mass is 470 g/mol. The normalized spacial score (nSPS) is 28.4. The quantitative estimate of drug-likeness (QED) is 0.388. The number of nitrogens with zero attached hydrogens (tertiary/aromatic N) is 4. The SMILES string of the molecule is CCCCOC(=O)c1cc(Nc2cc(C)[nH]n2)nc(N(C)C2C(C)CC3(O)CC(C)CC2C3)n1. The van der Waals surface area contributed by atoms with Crippen LogP contribution in [-0.2, 0) is 4.74 Å². The fourth-order valence-electron chi connectivity index (χ4n) is 6.10. The molecule has 0 saturated heterocycles. The number of aromatic amines is 1. The lowest BCUT2D eigenvalue weighted by Crippen LogP contribution is -2.56. The van der Waals surface area contributed by atoms with Gasteiger partial charge >= 0.3 is 5.97 Å². The summed E-state index contributed by atoms with van der Waals surface area (Å²) in [5.41, 5.74) is 0.567. The molecule has 186 valence electrons. The van der Waals surface area contributed by atoms with Gasteiger partial charge in [0, 0.05) is 30.9 Å². The molecule has 2 saturated carbocycles. The molecule has 0 aliphatic heterocycles. The van der Waals surface area contributed by atoms with Crippen molar-refractivity contribution in [3.8, 4) is 0 Å². The molecule has 0 amide bonds. The first-order chi connectivity index (χ1) is 16.2. The van der Waals surface area contributed by atoms with Crippen LogP contribution in [0.25, 0.3) is 0 Å². The average Bonchev–Trinajstić information content (AvgIpc) is 3.16. The number of esters is 1. The second-order valence-electron chi connectivity index (χ2n) is 10.5. The van der Waals surface area contributed by atoms with Gasteiger partial charge in [-0.25, -0.2) is 9.78 Å². The van der Waals surface area contributed by atoms with Crippen LogP contribution in [0.2, 0.25) is 0 Å². The number of aliphatic hydroxyl groups is 1. The van der Waals surface area contributed by atoms with Crippen molar-refractivity contribution in [3.63, 3.8) is 0 Å². The van der Waals surface area contributed by atoms with E-state index in [0.717, 1.165) is 44.2 Å². The molecule has 9 nitrogen and oxygen atoms in total. The number of hydrogen-bond donors (Lipinski definition) is 3. The number of carbonyl (C=O) groups is 1. The van der Waals surface area contributed by atoms with Gasteiger partial charge in [0.05, 0.1) is 12.2 Å². The van der Waals surface area contributed by atoms with Crippen molar-refractivity contribution >= 4 is 23.6 Å². The third kappa shape index (κ3) is 5.35. The first-order valence-electron chi connectivity index (χ1n) is 12.5. The number of hydrogen-bond acceptors (Lipinski definition) is 8. The molecule has 0 radical (unpaired) electrons. The number of fused-ring (bicyclic) bond motifs is 2. The van der Waals surface area contributed by atoms with E-state index in [0.29, 0.717) is 36.0 Å². The first kappa shape index (κ1) is 24.4. The maximum absolute atomic E-state index is 12.8. The fourth-order valence-corrected chi connectivity index (χ4v) is 6.10. The highest BCUT2D eigenvalue weighted by Crippen LogP contribution is 2.49. The number of H-pyrrole nitrogens is 1. The Morgan fingerprint density at radius 3 is 2.76 bits per heavy atom. The lowest BCUT2D eigenvalue weighted by atomic mass is 9.60. The Hall–Kier alpha value is -2.68. The number of aromatic nitrogens is 4. The lowest BCUT2D eigenvalue weighted by molar-refractivity contribution is -0.0881. The standard InChI is InChI=1S/C25H38N6O3/c1-6-7-8-34-23(32)19-11-20(27-21-10-17(4)29-30-21)28-24(26-19)31(5)22-16(3)13-25(33)12-15(2)9-18(22)14-25/h10-11,15-16,18,22,33H,6-9,12-14H2,1-5H3,(H2,26,27,28,29,30). The van der Waals surface area contributed by atoms with Gasteiger partial charge in [-0.2, -0.15) is 10.1 Å². The highest BCUT2D eigenvalue weighted by Gasteiger charge is 2.49. The van der Waals surface area contributed by atoms with Gasteiger partial charge in [0.15, 0.2) is 11.5 Å². The van der Waals surface area contributed by atoms with E-state index in [1.54, 1.807) is 6.07 Å². The summed E-state index contributed by atoms with van der Waals surface area (Å²) in [5.74, 6) is 2.22. The van der Waals surface area contributed by atoms with E-state index in [4.69, 9.17) is 9.72 Å². The third-order valence-corrected chi connectivity index (χ3v) is 7.22. The summed E-state index contributed by atoms with van der Waals surface area (Å²) in [6.45, 7) is 8.76. The smallest absolute Gasteiger partial charge is 0.357 e. The molecule has 0 aromatic carbocycles. The molecular formula is C25H38N6O3. The van der Waals surface area contributed by atoms with E-state index < -0.39 is 11.6 Å². The number of nitrogens with one attached hydrogen (secondary N) is 2. The number of aryl methyl sites for hydroxylation is 1. The van der Waals surface area contributed by atoms with E-state index in [1.165, 1.54) is 0 Å². The van der Waals surface area contributed by atoms with E-state index in [2.05, 4.69) is 46.2 Å². The Balaban J connectivity index is 1.64. The molecular weight excluding hydrogens is 432 g/mol. The number of anilines is 3. The van der Waals surface area contributed by atoms with Crippen LogP contribution in [0.15, 0.2) is 12.1 Å². The third-order valence-electron chi connectivity index (χ3n) is 7.22. The zero-order valence-electron chi connectivity index (χ0n) is 21.0. The molecule has 2 heterocycles. The van der Waals surface area contributed by atoms with Crippen LogP contribution in [0.4, 0.5) is 17.6 Å². The minimum atomic E-state index is -0.574. The second-order valence-corrected chi connectivity index (χ2v) is 10.5. The number of ether oxygens (including phenoxy) is 1. The molecule has 2 aliphatic carbocycles. The highest BCUT2D eigenvalue weighted by atomic mass is 16.5. The zero-order valence-corrected chi connectivity index (χ0v) is 21.0. The molecule has 3 N–H and O–H groups in total. The van der Waals surface area contributed by atoms with Crippen molar-refractivity contribution < 1.29 is 14.6 Å². The molecule has 2 aromatic heterocycles. The molecule has 5 atom stereocenters. The van der Waals surface area contributed by atoms with Gasteiger partial charge in [0.25, 0.3) is 0 Å². The number of carbonyl (C=O) groups excluding carboxylic acids is 1. The topological polar surface area (TPSA) is 116 Å². The average molecular weight is 471 g/mol. The van der Waals surface area contributed by atoms with Crippen LogP contribution in [0, 0.1) is 24.7 Å². The summed E-state index contributed by atoms with van der Waals surface area (Å²) >= 11 is 0. The van der Waals surface area contributed by atoms with Crippen molar-refractivity contribution in [1.82, 2.24) is 20.2 Å². The Labute approximate surface area is 201 Å². The van der Waals surface area contributed by atoms with Crippen molar-refractivity contribution in [1.29, 1.82) is 0 Å². The number of rotatable bonds is 8. The summed E-state index contributed by atoms with van der Waals surface area (Å²) in [6, 6.07) is 3.66. The predicted octanol–water partition coefficient (Wildman–Crippen LogP) is 4.22. The molecule has 9 heteroatoms. The van der Waals surface area contributed by atoms with Gasteiger partial charge in [-0.3, -0.25) is 5.10 Å². The summed E-state index contributed by atoms with van der Waals surface area (Å²) in [6.07, 6.45) is 5.26. The maximum atomic E-state index is 12.8. The largest absolute Gasteiger partial charge is 0.461 e. The van der Waals surface area contributed by atoms with Gasteiger partial charge in [0.1, 0.15) is 5.82 Å². The summed E-state index contributed by atoms with van der Waals surface area (Å²) in [5, 5.41) is 21.4. The highest BCUT2D eigenvalue weighted by molar-refractivity contribution is 5.88.